The van der Waals surface area contributed by atoms with Crippen LogP contribution in [0.1, 0.15) is 42.5 Å². The van der Waals surface area contributed by atoms with E-state index >= 15 is 0 Å². The van der Waals surface area contributed by atoms with E-state index in [2.05, 4.69) is 15.6 Å². The molecular formula is C17H23F3N4O5. The fourth-order valence-electron chi connectivity index (χ4n) is 3.14. The van der Waals surface area contributed by atoms with E-state index in [0.717, 1.165) is 6.07 Å². The lowest BCUT2D eigenvalue weighted by Gasteiger charge is -2.30. The fraction of sp³-hybridized carbons (Fsp3) is 0.647. The number of ether oxygens (including phenoxy) is 1. The molecule has 1 aromatic heterocycles. The number of amides is 1. The van der Waals surface area contributed by atoms with E-state index in [0.29, 0.717) is 0 Å². The molecule has 29 heavy (non-hydrogen) atoms. The summed E-state index contributed by atoms with van der Waals surface area (Å²) in [5.41, 5.74) is -0.625. The van der Waals surface area contributed by atoms with Gasteiger partial charge in [-0.2, -0.15) is 18.2 Å². The van der Waals surface area contributed by atoms with Crippen LogP contribution in [0.2, 0.25) is 0 Å². The highest BCUT2D eigenvalue weighted by Gasteiger charge is 2.41. The van der Waals surface area contributed by atoms with Gasteiger partial charge in [0.25, 0.3) is 5.91 Å². The SMILES string of the molecule is CNc1nc(OCCCO)c(C(=O)NC2CCC(C(F)(F)F)CC2)cc1[N+](=O)[O-]. The quantitative estimate of drug-likeness (QED) is 0.335. The molecule has 1 aliphatic carbocycles. The van der Waals surface area contributed by atoms with E-state index in [4.69, 9.17) is 9.84 Å². The first-order valence-corrected chi connectivity index (χ1v) is 9.15. The van der Waals surface area contributed by atoms with Crippen LogP contribution in [-0.4, -0.2) is 53.4 Å². The van der Waals surface area contributed by atoms with Crippen molar-refractivity contribution >= 4 is 17.4 Å². The molecule has 0 unspecified atom stereocenters. The van der Waals surface area contributed by atoms with Gasteiger partial charge >= 0.3 is 11.9 Å². The van der Waals surface area contributed by atoms with Crippen LogP contribution >= 0.6 is 0 Å². The van der Waals surface area contributed by atoms with Crippen molar-refractivity contribution in [3.63, 3.8) is 0 Å². The highest BCUT2D eigenvalue weighted by Crippen LogP contribution is 2.37. The third-order valence-electron chi connectivity index (χ3n) is 4.71. The summed E-state index contributed by atoms with van der Waals surface area (Å²) in [6.45, 7) is -0.128. The summed E-state index contributed by atoms with van der Waals surface area (Å²) in [5.74, 6) is -2.35. The number of pyridine rings is 1. The summed E-state index contributed by atoms with van der Waals surface area (Å²) in [5, 5.41) is 25.3. The van der Waals surface area contributed by atoms with Crippen LogP contribution in [0.3, 0.4) is 0 Å². The smallest absolute Gasteiger partial charge is 0.391 e. The van der Waals surface area contributed by atoms with Crippen molar-refractivity contribution in [2.24, 2.45) is 5.92 Å². The number of aromatic nitrogens is 1. The molecule has 12 heteroatoms. The van der Waals surface area contributed by atoms with E-state index in [1.807, 2.05) is 0 Å². The molecule has 0 aromatic carbocycles. The largest absolute Gasteiger partial charge is 0.477 e. The molecule has 1 aromatic rings. The average Bonchev–Trinajstić information content (AvgIpc) is 2.67. The van der Waals surface area contributed by atoms with Crippen molar-refractivity contribution < 1.29 is 32.7 Å². The Labute approximate surface area is 164 Å². The average molecular weight is 420 g/mol. The molecule has 3 N–H and O–H groups in total. The first-order valence-electron chi connectivity index (χ1n) is 9.15. The molecular weight excluding hydrogens is 397 g/mol. The monoisotopic (exact) mass is 420 g/mol. The molecule has 0 saturated heterocycles. The van der Waals surface area contributed by atoms with Crippen molar-refractivity contribution in [1.29, 1.82) is 0 Å². The van der Waals surface area contributed by atoms with Crippen LogP contribution in [0.15, 0.2) is 6.07 Å². The van der Waals surface area contributed by atoms with Gasteiger partial charge in [-0.05, 0) is 25.7 Å². The Bertz CT molecular complexity index is 737. The van der Waals surface area contributed by atoms with Gasteiger partial charge in [-0.3, -0.25) is 14.9 Å². The zero-order valence-corrected chi connectivity index (χ0v) is 15.8. The van der Waals surface area contributed by atoms with Gasteiger partial charge in [-0.1, -0.05) is 0 Å². The van der Waals surface area contributed by atoms with E-state index < -0.39 is 34.7 Å². The van der Waals surface area contributed by atoms with Crippen LogP contribution < -0.4 is 15.4 Å². The molecule has 0 atom stereocenters. The molecule has 0 radical (unpaired) electrons. The Morgan fingerprint density at radius 1 is 1.38 bits per heavy atom. The van der Waals surface area contributed by atoms with Gasteiger partial charge in [0.1, 0.15) is 5.56 Å². The Kier molecular flexibility index (Phi) is 7.59. The topological polar surface area (TPSA) is 127 Å². The lowest BCUT2D eigenvalue weighted by atomic mass is 9.85. The van der Waals surface area contributed by atoms with E-state index in [1.165, 1.54) is 7.05 Å². The number of carbonyl (C=O) groups excluding carboxylic acids is 1. The van der Waals surface area contributed by atoms with Crippen LogP contribution in [-0.2, 0) is 0 Å². The predicted molar refractivity (Wildman–Crippen MR) is 96.9 cm³/mol. The number of nitrogens with zero attached hydrogens (tertiary/aromatic N) is 2. The van der Waals surface area contributed by atoms with Crippen LogP contribution in [0, 0.1) is 16.0 Å². The first-order chi connectivity index (χ1) is 13.7. The van der Waals surface area contributed by atoms with Gasteiger partial charge in [-0.25, -0.2) is 0 Å². The minimum absolute atomic E-state index is 0.0292. The standard InChI is InChI=1S/C17H23F3N4O5/c1-21-14-13(24(27)28)9-12(16(23-14)29-8-2-7-25)15(26)22-11-5-3-10(4-6-11)17(18,19)20/h9-11,25H,2-8H2,1H3,(H,21,23)(H,22,26). The lowest BCUT2D eigenvalue weighted by Crippen LogP contribution is -2.40. The molecule has 0 bridgehead atoms. The molecule has 1 saturated carbocycles. The molecule has 2 rings (SSSR count). The number of alkyl halides is 3. The van der Waals surface area contributed by atoms with Gasteiger partial charge in [0.15, 0.2) is 0 Å². The van der Waals surface area contributed by atoms with Crippen molar-refractivity contribution in [3.8, 4) is 5.88 Å². The normalized spacial score (nSPS) is 19.5. The first kappa shape index (κ1) is 22.7. The third kappa shape index (κ3) is 5.92. The summed E-state index contributed by atoms with van der Waals surface area (Å²) in [7, 11) is 1.42. The van der Waals surface area contributed by atoms with Crippen LogP contribution in [0.4, 0.5) is 24.7 Å². The van der Waals surface area contributed by atoms with Crippen molar-refractivity contribution in [3.05, 3.63) is 21.7 Å². The number of halogens is 3. The number of nitro groups is 1. The maximum atomic E-state index is 12.8. The van der Waals surface area contributed by atoms with Gasteiger partial charge in [0, 0.05) is 32.2 Å². The number of aliphatic hydroxyl groups is 1. The van der Waals surface area contributed by atoms with E-state index in [1.54, 1.807) is 0 Å². The van der Waals surface area contributed by atoms with Crippen LogP contribution in [0.25, 0.3) is 0 Å². The summed E-state index contributed by atoms with van der Waals surface area (Å²) in [6, 6.07) is 0.540. The molecule has 9 nitrogen and oxygen atoms in total. The molecule has 0 spiro atoms. The third-order valence-corrected chi connectivity index (χ3v) is 4.71. The fourth-order valence-corrected chi connectivity index (χ4v) is 3.14. The zero-order chi connectivity index (χ0) is 21.6. The second-order valence-electron chi connectivity index (χ2n) is 6.71. The predicted octanol–water partition coefficient (Wildman–Crippen LogP) is 2.64. The van der Waals surface area contributed by atoms with Crippen molar-refractivity contribution in [1.82, 2.24) is 10.3 Å². The van der Waals surface area contributed by atoms with Gasteiger partial charge < -0.3 is 20.5 Å². The maximum absolute atomic E-state index is 12.8. The molecule has 162 valence electrons. The minimum atomic E-state index is -4.25. The molecule has 0 aliphatic heterocycles. The summed E-state index contributed by atoms with van der Waals surface area (Å²) in [4.78, 5) is 27.2. The molecule has 1 amide bonds. The number of nitrogens with one attached hydrogen (secondary N) is 2. The number of anilines is 1. The Morgan fingerprint density at radius 2 is 2.03 bits per heavy atom. The second kappa shape index (κ2) is 9.72. The number of rotatable bonds is 8. The summed E-state index contributed by atoms with van der Waals surface area (Å²) >= 11 is 0. The van der Waals surface area contributed by atoms with Crippen LogP contribution in [0.5, 0.6) is 5.88 Å². The highest BCUT2D eigenvalue weighted by molar-refractivity contribution is 5.97. The number of hydrogen-bond donors (Lipinski definition) is 3. The van der Waals surface area contributed by atoms with Gasteiger partial charge in [0.05, 0.1) is 17.4 Å². The summed E-state index contributed by atoms with van der Waals surface area (Å²) in [6.07, 6.45) is -3.87. The lowest BCUT2D eigenvalue weighted by molar-refractivity contribution is -0.384. The number of carbonyl (C=O) groups is 1. The van der Waals surface area contributed by atoms with Crippen molar-refractivity contribution in [2.45, 2.75) is 44.3 Å². The Morgan fingerprint density at radius 3 is 2.55 bits per heavy atom. The molecule has 1 heterocycles. The number of hydrogen-bond acceptors (Lipinski definition) is 7. The van der Waals surface area contributed by atoms with Gasteiger partial charge in [0.2, 0.25) is 11.7 Å². The maximum Gasteiger partial charge on any atom is 0.391 e. The molecule has 1 fully saturated rings. The zero-order valence-electron chi connectivity index (χ0n) is 15.8. The van der Waals surface area contributed by atoms with Crippen molar-refractivity contribution in [2.75, 3.05) is 25.6 Å². The minimum Gasteiger partial charge on any atom is -0.477 e. The molecule has 1 aliphatic rings. The number of aliphatic hydroxyl groups excluding tert-OH is 1. The van der Waals surface area contributed by atoms with Gasteiger partial charge in [-0.15, -0.1) is 0 Å². The van der Waals surface area contributed by atoms with E-state index in [-0.39, 0.29) is 62.6 Å². The highest BCUT2D eigenvalue weighted by atomic mass is 19.4. The van der Waals surface area contributed by atoms with E-state index in [9.17, 15) is 28.1 Å². The summed E-state index contributed by atoms with van der Waals surface area (Å²) < 4.78 is 43.7. The second-order valence-corrected chi connectivity index (χ2v) is 6.71. The Hall–Kier alpha value is -2.63. The Balaban J connectivity index is 2.18.